The number of aliphatic carboxylic acids is 1. The van der Waals surface area contributed by atoms with E-state index in [1.54, 1.807) is 24.5 Å². The minimum atomic E-state index is -1.04. The maximum absolute atomic E-state index is 12.4. The van der Waals surface area contributed by atoms with E-state index >= 15 is 0 Å². The van der Waals surface area contributed by atoms with E-state index in [9.17, 15) is 14.4 Å². The summed E-state index contributed by atoms with van der Waals surface area (Å²) in [5.74, 6) is -0.846. The quantitative estimate of drug-likeness (QED) is 0.415. The number of nitrogens with zero attached hydrogens (tertiary/aromatic N) is 1. The molecular formula is C22H26N2O5. The Balaban J connectivity index is 1.38. The minimum Gasteiger partial charge on any atom is -0.481 e. The lowest BCUT2D eigenvalue weighted by molar-refractivity contribution is -0.137. The fourth-order valence-electron chi connectivity index (χ4n) is 3.45. The zero-order valence-corrected chi connectivity index (χ0v) is 16.4. The summed E-state index contributed by atoms with van der Waals surface area (Å²) in [6.07, 6.45) is 8.04. The Morgan fingerprint density at radius 1 is 1.00 bits per heavy atom. The van der Waals surface area contributed by atoms with Crippen LogP contribution in [0.3, 0.4) is 0 Å². The fourth-order valence-corrected chi connectivity index (χ4v) is 3.45. The van der Waals surface area contributed by atoms with Crippen LogP contribution in [0.2, 0.25) is 0 Å². The molecule has 1 aliphatic rings. The number of hydrogen-bond acceptors (Lipinski definition) is 5. The SMILES string of the molecule is O=C(O)CCN1C(=O)c2ccc(NCCCCCCCc3ccco3)cc2C1=O. The highest BCUT2D eigenvalue weighted by Crippen LogP contribution is 2.26. The zero-order valence-electron chi connectivity index (χ0n) is 16.4. The number of fused-ring (bicyclic) bond motifs is 1. The first-order chi connectivity index (χ1) is 14.1. The molecule has 29 heavy (non-hydrogen) atoms. The number of benzene rings is 1. The van der Waals surface area contributed by atoms with Gasteiger partial charge in [-0.25, -0.2) is 0 Å². The summed E-state index contributed by atoms with van der Waals surface area (Å²) in [5.41, 5.74) is 1.47. The van der Waals surface area contributed by atoms with Crippen molar-refractivity contribution >= 4 is 23.5 Å². The summed E-state index contributed by atoms with van der Waals surface area (Å²) >= 11 is 0. The molecule has 1 aliphatic heterocycles. The smallest absolute Gasteiger partial charge is 0.305 e. The molecule has 0 atom stereocenters. The van der Waals surface area contributed by atoms with Gasteiger partial charge in [-0.2, -0.15) is 0 Å². The molecule has 154 valence electrons. The second-order valence-corrected chi connectivity index (χ2v) is 7.19. The topological polar surface area (TPSA) is 99.8 Å². The maximum Gasteiger partial charge on any atom is 0.305 e. The van der Waals surface area contributed by atoms with Crippen molar-refractivity contribution in [1.82, 2.24) is 4.90 Å². The van der Waals surface area contributed by atoms with Gasteiger partial charge < -0.3 is 14.8 Å². The van der Waals surface area contributed by atoms with Crippen LogP contribution in [0, 0.1) is 0 Å². The zero-order chi connectivity index (χ0) is 20.6. The molecule has 3 rings (SSSR count). The van der Waals surface area contributed by atoms with Gasteiger partial charge >= 0.3 is 5.97 Å². The van der Waals surface area contributed by atoms with E-state index < -0.39 is 17.8 Å². The van der Waals surface area contributed by atoms with Crippen LogP contribution < -0.4 is 5.32 Å². The Bertz CT molecular complexity index is 860. The van der Waals surface area contributed by atoms with Gasteiger partial charge in [-0.05, 0) is 43.2 Å². The van der Waals surface area contributed by atoms with Crippen LogP contribution in [0.4, 0.5) is 5.69 Å². The van der Waals surface area contributed by atoms with Gasteiger partial charge in [0, 0.05) is 25.2 Å². The van der Waals surface area contributed by atoms with E-state index in [0.29, 0.717) is 11.1 Å². The summed E-state index contributed by atoms with van der Waals surface area (Å²) in [6.45, 7) is 0.687. The number of anilines is 1. The number of carboxylic acids is 1. The molecule has 0 aliphatic carbocycles. The molecule has 0 unspecified atom stereocenters. The fraction of sp³-hybridized carbons (Fsp3) is 0.409. The van der Waals surface area contributed by atoms with Crippen molar-refractivity contribution < 1.29 is 23.9 Å². The molecule has 2 heterocycles. The van der Waals surface area contributed by atoms with Gasteiger partial charge in [-0.15, -0.1) is 0 Å². The molecule has 0 saturated heterocycles. The molecule has 2 aromatic rings. The minimum absolute atomic E-state index is 0.107. The van der Waals surface area contributed by atoms with Crippen LogP contribution in [0.25, 0.3) is 0 Å². The first-order valence-corrected chi connectivity index (χ1v) is 10.0. The number of carboxylic acid groups (broad SMARTS) is 1. The standard InChI is InChI=1S/C22H26N2O5/c25-20(26)11-13-24-21(27)18-10-9-16(15-19(18)22(24)28)23-12-5-3-1-2-4-7-17-8-6-14-29-17/h6,8-10,14-15,23H,1-5,7,11-13H2,(H,25,26). The molecule has 7 nitrogen and oxygen atoms in total. The number of unbranched alkanes of at least 4 members (excludes halogenated alkanes) is 4. The normalized spacial score (nSPS) is 13.0. The van der Waals surface area contributed by atoms with Crippen molar-refractivity contribution in [3.8, 4) is 0 Å². The molecule has 0 spiro atoms. The highest BCUT2D eigenvalue weighted by atomic mass is 16.4. The van der Waals surface area contributed by atoms with E-state index in [1.165, 1.54) is 6.42 Å². The summed E-state index contributed by atoms with van der Waals surface area (Å²) < 4.78 is 5.32. The summed E-state index contributed by atoms with van der Waals surface area (Å²) in [7, 11) is 0. The van der Waals surface area contributed by atoms with Crippen LogP contribution >= 0.6 is 0 Å². The Morgan fingerprint density at radius 3 is 2.52 bits per heavy atom. The number of nitrogens with one attached hydrogen (secondary N) is 1. The number of carbonyl (C=O) groups excluding carboxylic acids is 2. The lowest BCUT2D eigenvalue weighted by Crippen LogP contribution is -2.31. The van der Waals surface area contributed by atoms with E-state index in [-0.39, 0.29) is 13.0 Å². The largest absolute Gasteiger partial charge is 0.481 e. The van der Waals surface area contributed by atoms with Gasteiger partial charge in [-0.1, -0.05) is 19.3 Å². The van der Waals surface area contributed by atoms with E-state index in [2.05, 4.69) is 5.32 Å². The number of furan rings is 1. The van der Waals surface area contributed by atoms with Crippen LogP contribution in [-0.4, -0.2) is 40.9 Å². The van der Waals surface area contributed by atoms with Crippen LogP contribution in [0.15, 0.2) is 41.0 Å². The summed E-state index contributed by atoms with van der Waals surface area (Å²) in [4.78, 5) is 36.4. The monoisotopic (exact) mass is 398 g/mol. The molecular weight excluding hydrogens is 372 g/mol. The summed E-state index contributed by atoms with van der Waals surface area (Å²) in [6, 6.07) is 9.02. The number of carbonyl (C=O) groups is 3. The molecule has 0 radical (unpaired) electrons. The number of imide groups is 1. The Morgan fingerprint density at radius 2 is 1.76 bits per heavy atom. The number of rotatable bonds is 12. The lowest BCUT2D eigenvalue weighted by Gasteiger charge is -2.11. The Labute approximate surface area is 169 Å². The van der Waals surface area contributed by atoms with Crippen molar-refractivity contribution in [2.45, 2.75) is 44.9 Å². The molecule has 1 aromatic heterocycles. The van der Waals surface area contributed by atoms with Gasteiger partial charge in [0.1, 0.15) is 5.76 Å². The van der Waals surface area contributed by atoms with Crippen LogP contribution in [-0.2, 0) is 11.2 Å². The Hall–Kier alpha value is -3.09. The van der Waals surface area contributed by atoms with E-state index in [0.717, 1.165) is 55.0 Å². The van der Waals surface area contributed by atoms with Crippen molar-refractivity contribution in [3.05, 3.63) is 53.5 Å². The van der Waals surface area contributed by atoms with Crippen LogP contribution in [0.1, 0.15) is 65.0 Å². The Kier molecular flexibility index (Phi) is 7.05. The molecule has 0 bridgehead atoms. The number of aryl methyl sites for hydroxylation is 1. The summed E-state index contributed by atoms with van der Waals surface area (Å²) in [5, 5.41) is 12.1. The molecule has 2 N–H and O–H groups in total. The van der Waals surface area contributed by atoms with E-state index in [4.69, 9.17) is 9.52 Å². The highest BCUT2D eigenvalue weighted by molar-refractivity contribution is 6.21. The first-order valence-electron chi connectivity index (χ1n) is 10.0. The van der Waals surface area contributed by atoms with Gasteiger partial charge in [0.2, 0.25) is 0 Å². The molecule has 2 amide bonds. The third kappa shape index (κ3) is 5.47. The number of hydrogen-bond donors (Lipinski definition) is 2. The van der Waals surface area contributed by atoms with Crippen molar-refractivity contribution in [1.29, 1.82) is 0 Å². The molecule has 7 heteroatoms. The molecule has 0 saturated carbocycles. The van der Waals surface area contributed by atoms with Gasteiger partial charge in [0.05, 0.1) is 23.8 Å². The van der Waals surface area contributed by atoms with Crippen molar-refractivity contribution in [3.63, 3.8) is 0 Å². The lowest BCUT2D eigenvalue weighted by atomic mass is 10.1. The van der Waals surface area contributed by atoms with E-state index in [1.807, 2.05) is 12.1 Å². The van der Waals surface area contributed by atoms with Gasteiger partial charge in [-0.3, -0.25) is 19.3 Å². The van der Waals surface area contributed by atoms with Gasteiger partial charge in [0.15, 0.2) is 0 Å². The first kappa shape index (κ1) is 20.6. The third-order valence-corrected chi connectivity index (χ3v) is 5.03. The van der Waals surface area contributed by atoms with Crippen LogP contribution in [0.5, 0.6) is 0 Å². The maximum atomic E-state index is 12.4. The predicted molar refractivity (Wildman–Crippen MR) is 108 cm³/mol. The second kappa shape index (κ2) is 9.91. The molecule has 1 aromatic carbocycles. The average molecular weight is 398 g/mol. The van der Waals surface area contributed by atoms with Crippen molar-refractivity contribution in [2.75, 3.05) is 18.4 Å². The van der Waals surface area contributed by atoms with Crippen molar-refractivity contribution in [2.24, 2.45) is 0 Å². The second-order valence-electron chi connectivity index (χ2n) is 7.19. The average Bonchev–Trinajstić information content (AvgIpc) is 3.30. The number of amides is 2. The molecule has 0 fully saturated rings. The highest BCUT2D eigenvalue weighted by Gasteiger charge is 2.35. The third-order valence-electron chi connectivity index (χ3n) is 5.03. The van der Waals surface area contributed by atoms with Gasteiger partial charge in [0.25, 0.3) is 11.8 Å². The predicted octanol–water partition coefficient (Wildman–Crippen LogP) is 3.96.